The van der Waals surface area contributed by atoms with Gasteiger partial charge in [0.15, 0.2) is 16.7 Å². The number of nitrogens with two attached hydrogens (primary N) is 1. The maximum absolute atomic E-state index is 12.4. The van der Waals surface area contributed by atoms with Crippen LogP contribution in [0.4, 0.5) is 0 Å². The zero-order chi connectivity index (χ0) is 20.1. The molecule has 2 aromatic carbocycles. The molecule has 1 aromatic heterocycles. The Morgan fingerprint density at radius 2 is 1.89 bits per heavy atom. The van der Waals surface area contributed by atoms with Crippen molar-refractivity contribution in [2.24, 2.45) is 10.7 Å². The molecule has 0 saturated heterocycles. The first-order valence-corrected chi connectivity index (χ1v) is 9.66. The third-order valence-corrected chi connectivity index (χ3v) is 5.04. The van der Waals surface area contributed by atoms with E-state index in [1.807, 2.05) is 37.3 Å². The minimum absolute atomic E-state index is 0.0472. The molecular weight excluding hydrogens is 376 g/mol. The van der Waals surface area contributed by atoms with Crippen LogP contribution in [0, 0.1) is 0 Å². The maximum Gasteiger partial charge on any atom is 0.258 e. The van der Waals surface area contributed by atoms with Crippen LogP contribution in [0.5, 0.6) is 11.5 Å². The summed E-state index contributed by atoms with van der Waals surface area (Å²) in [5, 5.41) is 0.872. The number of aliphatic imine (C=N–C) groups is 1. The summed E-state index contributed by atoms with van der Waals surface area (Å²) in [6.07, 6.45) is 0. The highest BCUT2D eigenvalue weighted by Gasteiger charge is 2.12. The molecule has 0 saturated carbocycles. The molecule has 28 heavy (non-hydrogen) atoms. The second kappa shape index (κ2) is 8.79. The number of hydrogen-bond acceptors (Lipinski definition) is 6. The van der Waals surface area contributed by atoms with Gasteiger partial charge in [-0.2, -0.15) is 0 Å². The third kappa shape index (κ3) is 4.45. The molecular formula is C20H22N4O3S. The van der Waals surface area contributed by atoms with Crippen LogP contribution in [0.3, 0.4) is 0 Å². The van der Waals surface area contributed by atoms with Crippen molar-refractivity contribution < 1.29 is 9.47 Å². The number of ether oxygens (including phenoxy) is 2. The molecule has 0 bridgehead atoms. The molecule has 0 spiro atoms. The van der Waals surface area contributed by atoms with Gasteiger partial charge in [0, 0.05) is 6.07 Å². The number of nitrogens with one attached hydrogen (secondary N) is 1. The number of thioether (sulfide) groups is 1. The lowest BCUT2D eigenvalue weighted by Gasteiger charge is -2.10. The van der Waals surface area contributed by atoms with Crippen molar-refractivity contribution in [2.45, 2.75) is 18.7 Å². The average molecular weight is 398 g/mol. The molecule has 8 heteroatoms. The number of aromatic amines is 1. The summed E-state index contributed by atoms with van der Waals surface area (Å²) in [7, 11) is 3.06. The Kier molecular flexibility index (Phi) is 6.20. The molecule has 0 fully saturated rings. The Bertz CT molecular complexity index is 1050. The minimum Gasteiger partial charge on any atom is -0.493 e. The van der Waals surface area contributed by atoms with Gasteiger partial charge in [-0.3, -0.25) is 9.79 Å². The molecule has 3 aromatic rings. The maximum atomic E-state index is 12.4. The number of hydrogen-bond donors (Lipinski definition) is 2. The average Bonchev–Trinajstić information content (AvgIpc) is 2.72. The Morgan fingerprint density at radius 1 is 1.21 bits per heavy atom. The summed E-state index contributed by atoms with van der Waals surface area (Å²) < 4.78 is 10.5. The molecule has 1 atom stereocenters. The number of aromatic nitrogens is 2. The summed E-state index contributed by atoms with van der Waals surface area (Å²) in [4.78, 5) is 24.2. The first kappa shape index (κ1) is 19.8. The number of benzene rings is 2. The standard InChI is InChI=1S/C20H22N4O3S/c1-12(13-7-5-4-6-8-13)22-20(21)28-11-18-23-15-10-17(27-3)16(26-2)9-14(15)19(25)24-18/h4-10,12H,11H2,1-3H3,(H2,21,22)(H,23,24,25)/t12-/m1/s1. The van der Waals surface area contributed by atoms with Gasteiger partial charge in [-0.25, -0.2) is 4.98 Å². The van der Waals surface area contributed by atoms with Crippen LogP contribution < -0.4 is 20.8 Å². The van der Waals surface area contributed by atoms with Crippen molar-refractivity contribution in [3.05, 3.63) is 64.2 Å². The summed E-state index contributed by atoms with van der Waals surface area (Å²) in [6.45, 7) is 1.98. The summed E-state index contributed by atoms with van der Waals surface area (Å²) in [5.74, 6) is 1.91. The highest BCUT2D eigenvalue weighted by molar-refractivity contribution is 8.13. The van der Waals surface area contributed by atoms with Crippen LogP contribution in [0.15, 0.2) is 52.3 Å². The van der Waals surface area contributed by atoms with E-state index in [2.05, 4.69) is 15.0 Å². The monoisotopic (exact) mass is 398 g/mol. The van der Waals surface area contributed by atoms with E-state index in [0.29, 0.717) is 39.1 Å². The van der Waals surface area contributed by atoms with Gasteiger partial charge in [0.1, 0.15) is 5.82 Å². The van der Waals surface area contributed by atoms with Crippen LogP contribution in [0.1, 0.15) is 24.4 Å². The largest absolute Gasteiger partial charge is 0.493 e. The van der Waals surface area contributed by atoms with E-state index in [4.69, 9.17) is 15.2 Å². The van der Waals surface area contributed by atoms with E-state index in [0.717, 1.165) is 5.56 Å². The van der Waals surface area contributed by atoms with Crippen LogP contribution in [0.25, 0.3) is 10.9 Å². The molecule has 0 unspecified atom stereocenters. The van der Waals surface area contributed by atoms with Gasteiger partial charge < -0.3 is 20.2 Å². The highest BCUT2D eigenvalue weighted by Crippen LogP contribution is 2.30. The molecule has 7 nitrogen and oxygen atoms in total. The number of fused-ring (bicyclic) bond motifs is 1. The van der Waals surface area contributed by atoms with Gasteiger partial charge in [0.2, 0.25) is 0 Å². The normalized spacial score (nSPS) is 12.8. The molecule has 1 heterocycles. The lowest BCUT2D eigenvalue weighted by molar-refractivity contribution is 0.355. The van der Waals surface area contributed by atoms with Crippen molar-refractivity contribution in [1.82, 2.24) is 9.97 Å². The van der Waals surface area contributed by atoms with E-state index in [-0.39, 0.29) is 11.6 Å². The Hall–Kier alpha value is -3.00. The number of methoxy groups -OCH3 is 2. The van der Waals surface area contributed by atoms with E-state index in [1.54, 1.807) is 19.2 Å². The quantitative estimate of drug-likeness (QED) is 0.488. The van der Waals surface area contributed by atoms with E-state index in [9.17, 15) is 4.79 Å². The Morgan fingerprint density at radius 3 is 2.57 bits per heavy atom. The Labute approximate surface area is 167 Å². The molecule has 3 rings (SSSR count). The fraction of sp³-hybridized carbons (Fsp3) is 0.250. The molecule has 0 amide bonds. The number of nitrogens with zero attached hydrogens (tertiary/aromatic N) is 2. The van der Waals surface area contributed by atoms with Crippen molar-refractivity contribution >= 4 is 27.8 Å². The van der Waals surface area contributed by atoms with Crippen molar-refractivity contribution in [3.63, 3.8) is 0 Å². The van der Waals surface area contributed by atoms with Crippen molar-refractivity contribution in [1.29, 1.82) is 0 Å². The number of H-pyrrole nitrogens is 1. The fourth-order valence-electron chi connectivity index (χ4n) is 2.76. The first-order valence-electron chi connectivity index (χ1n) is 8.67. The van der Waals surface area contributed by atoms with Gasteiger partial charge in [-0.05, 0) is 18.6 Å². The van der Waals surface area contributed by atoms with Gasteiger partial charge in [0.25, 0.3) is 5.56 Å². The van der Waals surface area contributed by atoms with Gasteiger partial charge in [0.05, 0.1) is 36.9 Å². The summed E-state index contributed by atoms with van der Waals surface area (Å²) >= 11 is 1.33. The van der Waals surface area contributed by atoms with Crippen LogP contribution in [-0.2, 0) is 5.75 Å². The van der Waals surface area contributed by atoms with Crippen molar-refractivity contribution in [3.8, 4) is 11.5 Å². The van der Waals surface area contributed by atoms with E-state index < -0.39 is 0 Å². The molecule has 146 valence electrons. The van der Waals surface area contributed by atoms with Crippen LogP contribution >= 0.6 is 11.8 Å². The predicted molar refractivity (Wildman–Crippen MR) is 113 cm³/mol. The van der Waals surface area contributed by atoms with Crippen LogP contribution in [-0.4, -0.2) is 29.4 Å². The second-order valence-electron chi connectivity index (χ2n) is 6.08. The lowest BCUT2D eigenvalue weighted by Crippen LogP contribution is -2.14. The first-order chi connectivity index (χ1) is 13.5. The summed E-state index contributed by atoms with van der Waals surface area (Å²) in [6, 6.07) is 13.2. The Balaban J connectivity index is 1.79. The lowest BCUT2D eigenvalue weighted by atomic mass is 10.1. The van der Waals surface area contributed by atoms with Crippen molar-refractivity contribution in [2.75, 3.05) is 14.2 Å². The van der Waals surface area contributed by atoms with E-state index >= 15 is 0 Å². The highest BCUT2D eigenvalue weighted by atomic mass is 32.2. The predicted octanol–water partition coefficient (Wildman–Crippen LogP) is 3.25. The smallest absolute Gasteiger partial charge is 0.258 e. The molecule has 0 aliphatic rings. The molecule has 0 aliphatic carbocycles. The van der Waals surface area contributed by atoms with Crippen LogP contribution in [0.2, 0.25) is 0 Å². The number of rotatable bonds is 6. The van der Waals surface area contributed by atoms with Gasteiger partial charge >= 0.3 is 0 Å². The van der Waals surface area contributed by atoms with E-state index in [1.165, 1.54) is 18.9 Å². The topological polar surface area (TPSA) is 103 Å². The molecule has 0 radical (unpaired) electrons. The zero-order valence-electron chi connectivity index (χ0n) is 15.9. The fourth-order valence-corrected chi connectivity index (χ4v) is 3.41. The SMILES string of the molecule is COc1cc2nc(CSC(N)=N[C@H](C)c3ccccc3)[nH]c(=O)c2cc1OC. The van der Waals surface area contributed by atoms with Gasteiger partial charge in [-0.1, -0.05) is 42.1 Å². The minimum atomic E-state index is -0.241. The zero-order valence-corrected chi connectivity index (χ0v) is 16.7. The summed E-state index contributed by atoms with van der Waals surface area (Å²) in [5.41, 5.74) is 7.43. The third-order valence-electron chi connectivity index (χ3n) is 4.22. The molecule has 3 N–H and O–H groups in total. The van der Waals surface area contributed by atoms with Gasteiger partial charge in [-0.15, -0.1) is 0 Å². The number of amidine groups is 1. The molecule has 0 aliphatic heterocycles. The second-order valence-corrected chi connectivity index (χ2v) is 7.08.